The molecule has 0 saturated heterocycles. The summed E-state index contributed by atoms with van der Waals surface area (Å²) in [4.78, 5) is 4.32. The van der Waals surface area contributed by atoms with Crippen molar-refractivity contribution in [2.45, 2.75) is 26.7 Å². The normalized spacial score (nSPS) is 11.7. The number of hydrogen-bond acceptors (Lipinski definition) is 1. The molecule has 0 N–H and O–H groups in total. The van der Waals surface area contributed by atoms with Crippen LogP contribution in [0.25, 0.3) is 38.8 Å². The number of fused-ring (bicyclic) bond motifs is 4. The molecule has 5 aromatic carbocycles. The largest absolute Gasteiger partial charge is 0.494 e. The van der Waals surface area contributed by atoms with Gasteiger partial charge in [-0.05, 0) is 47.3 Å². The van der Waals surface area contributed by atoms with E-state index in [1.807, 2.05) is 43.5 Å². The second-order valence-corrected chi connectivity index (χ2v) is 11.2. The third-order valence-electron chi connectivity index (χ3n) is 8.11. The van der Waals surface area contributed by atoms with Crippen LogP contribution < -0.4 is 4.58 Å². The summed E-state index contributed by atoms with van der Waals surface area (Å²) in [7, 11) is 0. The average molecular weight is 775 g/mol. The summed E-state index contributed by atoms with van der Waals surface area (Å²) in [5, 5.41) is 2.46. The first-order chi connectivity index (χ1) is 22.2. The Morgan fingerprint density at radius 2 is 1.52 bits per heavy atom. The maximum Gasteiger partial charge on any atom is 0.494 e. The van der Waals surface area contributed by atoms with Crippen molar-refractivity contribution in [3.63, 3.8) is 0 Å². The number of benzene rings is 5. The summed E-state index contributed by atoms with van der Waals surface area (Å²) in [6.07, 6.45) is 4.17. The Bertz CT molecular complexity index is 2180. The van der Waals surface area contributed by atoms with Crippen LogP contribution in [0.4, 0.5) is 17.1 Å². The first-order valence-electron chi connectivity index (χ1n) is 15.5. The van der Waals surface area contributed by atoms with E-state index in [9.17, 15) is 0 Å². The van der Waals surface area contributed by atoms with Crippen LogP contribution in [0.1, 0.15) is 25.3 Å². The molecule has 1 radical (unpaired) electrons. The van der Waals surface area contributed by atoms with E-state index in [1.54, 1.807) is 0 Å². The molecule has 4 nitrogen and oxygen atoms in total. The number of pyridine rings is 1. The van der Waals surface area contributed by atoms with E-state index in [1.165, 1.54) is 33.1 Å². The van der Waals surface area contributed by atoms with E-state index in [2.05, 4.69) is 141 Å². The second kappa shape index (κ2) is 14.0. The van der Waals surface area contributed by atoms with Crippen molar-refractivity contribution in [1.29, 1.82) is 0 Å². The van der Waals surface area contributed by atoms with Crippen molar-refractivity contribution in [2.24, 2.45) is 0 Å². The number of aryl methyl sites for hydroxylation is 1. The van der Waals surface area contributed by atoms with Crippen molar-refractivity contribution < 1.29 is 24.7 Å². The summed E-state index contributed by atoms with van der Waals surface area (Å²) in [5.74, 6) is 0. The Labute approximate surface area is 284 Å². The molecule has 2 aromatic heterocycles. The minimum Gasteiger partial charge on any atom is -0.334 e. The molecule has 227 valence electrons. The van der Waals surface area contributed by atoms with E-state index >= 15 is 0 Å². The average Bonchev–Trinajstić information content (AvgIpc) is 3.64. The fraction of sp³-hybridized carbons (Fsp3) is 0.122. The number of rotatable bonds is 6. The Balaban J connectivity index is 0.000000223. The molecule has 0 spiro atoms. The van der Waals surface area contributed by atoms with E-state index in [4.69, 9.17) is 0 Å². The molecular formula is C41H34IrN4. The summed E-state index contributed by atoms with van der Waals surface area (Å²) >= 11 is 0. The maximum atomic E-state index is 4.32. The molecule has 7 aromatic rings. The number of hydrogen-bond donors (Lipinski definition) is 0. The van der Waals surface area contributed by atoms with Crippen molar-refractivity contribution in [3.8, 4) is 16.9 Å². The molecule has 3 heterocycles. The van der Waals surface area contributed by atoms with E-state index in [0.29, 0.717) is 0 Å². The van der Waals surface area contributed by atoms with Crippen molar-refractivity contribution >= 4 is 44.9 Å². The van der Waals surface area contributed by atoms with Crippen molar-refractivity contribution in [2.75, 3.05) is 6.54 Å². The van der Waals surface area contributed by atoms with E-state index < -0.39 is 0 Å². The molecule has 0 bridgehead atoms. The zero-order chi connectivity index (χ0) is 30.6. The van der Waals surface area contributed by atoms with Gasteiger partial charge in [-0.15, -0.1) is 47.3 Å². The molecule has 0 fully saturated rings. The van der Waals surface area contributed by atoms with Crippen LogP contribution in [0.3, 0.4) is 0 Å². The quantitative estimate of drug-likeness (QED) is 0.122. The van der Waals surface area contributed by atoms with Crippen LogP contribution >= 0.6 is 0 Å². The van der Waals surface area contributed by atoms with Crippen LogP contribution in [-0.2, 0) is 20.1 Å². The number of nitrogens with zero attached hydrogens (tertiary/aromatic N) is 4. The van der Waals surface area contributed by atoms with Gasteiger partial charge in [-0.25, -0.2) is 0 Å². The zero-order valence-electron chi connectivity index (χ0n) is 25.9. The van der Waals surface area contributed by atoms with Crippen LogP contribution in [0, 0.1) is 19.1 Å². The molecule has 0 unspecified atom stereocenters. The number of unbranched alkanes of at least 4 members (excludes halogenated alkanes) is 1. The van der Waals surface area contributed by atoms with Crippen molar-refractivity contribution in [1.82, 2.24) is 14.1 Å². The van der Waals surface area contributed by atoms with Crippen LogP contribution in [-0.4, -0.2) is 26.7 Å². The van der Waals surface area contributed by atoms with Gasteiger partial charge in [0.25, 0.3) is 11.4 Å². The predicted molar refractivity (Wildman–Crippen MR) is 185 cm³/mol. The molecule has 5 heteroatoms. The molecule has 1 aliphatic rings. The number of para-hydroxylation sites is 4. The van der Waals surface area contributed by atoms with Gasteiger partial charge in [0.15, 0.2) is 6.54 Å². The first-order valence-corrected chi connectivity index (χ1v) is 15.5. The van der Waals surface area contributed by atoms with Gasteiger partial charge in [0.1, 0.15) is 5.69 Å². The standard InChI is InChI=1S/C29H24N3.C12H10N.Ir/c1-2-3-19-30-21-31(28-16-10-9-15-27(28)30)23-17-18-25-24-13-7-8-14-26(24)32(29(25)20-23)22-11-5-4-6-12-22;1-10-7-8-12(13-9-10)11-5-3-2-4-6-11;/h4-16,18,20H,2-3,19H2,1H3;2-5,7-9H,1H3;/q+1;-1;. The topological polar surface area (TPSA) is 23.8 Å². The van der Waals surface area contributed by atoms with Gasteiger partial charge >= 0.3 is 6.01 Å². The smallest absolute Gasteiger partial charge is 0.334 e. The Morgan fingerprint density at radius 1 is 0.761 bits per heavy atom. The molecular weight excluding hydrogens is 741 g/mol. The van der Waals surface area contributed by atoms with Crippen molar-refractivity contribution in [3.05, 3.63) is 151 Å². The molecule has 0 atom stereocenters. The molecule has 0 saturated carbocycles. The minimum absolute atomic E-state index is 0. The SMILES string of the molecule is CCCC[N+]1=C=[N+](c2[c-]cc3c4ccccc4n(-c4ccccc4)c3c2)c2ccccc21.Cc1ccc(-c2[c-]cccc2)nc1.[Ir]. The van der Waals surface area contributed by atoms with Gasteiger partial charge in [-0.3, -0.25) is 0 Å². The zero-order valence-corrected chi connectivity index (χ0v) is 28.3. The maximum absolute atomic E-state index is 4.32. The first kappa shape index (κ1) is 31.1. The van der Waals surface area contributed by atoms with E-state index in [-0.39, 0.29) is 20.1 Å². The molecule has 1 aliphatic heterocycles. The second-order valence-electron chi connectivity index (χ2n) is 11.2. The third kappa shape index (κ3) is 6.14. The van der Waals surface area contributed by atoms with Crippen LogP contribution in [0.2, 0.25) is 0 Å². The van der Waals surface area contributed by atoms with Gasteiger partial charge in [-0.2, -0.15) is 6.07 Å². The van der Waals surface area contributed by atoms with Gasteiger partial charge in [0.2, 0.25) is 0 Å². The molecule has 0 aliphatic carbocycles. The molecule has 8 rings (SSSR count). The fourth-order valence-corrected chi connectivity index (χ4v) is 5.84. The Hall–Kier alpha value is -4.92. The molecule has 46 heavy (non-hydrogen) atoms. The van der Waals surface area contributed by atoms with Crippen LogP contribution in [0.15, 0.2) is 134 Å². The predicted octanol–water partition coefficient (Wildman–Crippen LogP) is 9.90. The van der Waals surface area contributed by atoms with Gasteiger partial charge in [0.05, 0.1) is 0 Å². The van der Waals surface area contributed by atoms with Gasteiger partial charge in [-0.1, -0.05) is 89.2 Å². The molecule has 0 amide bonds. The Kier molecular flexibility index (Phi) is 9.47. The summed E-state index contributed by atoms with van der Waals surface area (Å²) in [6.45, 7) is 5.23. The summed E-state index contributed by atoms with van der Waals surface area (Å²) in [6, 6.07) is 54.3. The van der Waals surface area contributed by atoms with Crippen LogP contribution in [0.5, 0.6) is 0 Å². The Morgan fingerprint density at radius 3 is 2.28 bits per heavy atom. The van der Waals surface area contributed by atoms with E-state index in [0.717, 1.165) is 47.7 Å². The van der Waals surface area contributed by atoms with Gasteiger partial charge in [0, 0.05) is 56.1 Å². The monoisotopic (exact) mass is 775 g/mol. The number of aromatic nitrogens is 2. The fourth-order valence-electron chi connectivity index (χ4n) is 5.84. The van der Waals surface area contributed by atoms with Gasteiger partial charge < -0.3 is 9.55 Å². The minimum atomic E-state index is 0. The summed E-state index contributed by atoms with van der Waals surface area (Å²) in [5.41, 5.74) is 10.1. The summed E-state index contributed by atoms with van der Waals surface area (Å²) < 4.78 is 6.74. The third-order valence-corrected chi connectivity index (χ3v) is 8.11.